The van der Waals surface area contributed by atoms with Crippen molar-refractivity contribution in [2.24, 2.45) is 0 Å². The second-order valence-corrected chi connectivity index (χ2v) is 15.2. The van der Waals surface area contributed by atoms with E-state index in [1.807, 2.05) is 21.1 Å². The Hall–Kier alpha value is -3.23. The van der Waals surface area contributed by atoms with Gasteiger partial charge < -0.3 is 23.8 Å². The number of unbranched alkanes of at least 4 members (excludes halogenated alkanes) is 11. The third-order valence-corrected chi connectivity index (χ3v) is 9.09. The minimum atomic E-state index is -0.888. The summed E-state index contributed by atoms with van der Waals surface area (Å²) in [4.78, 5) is 36.9. The lowest BCUT2D eigenvalue weighted by Gasteiger charge is -2.31. The van der Waals surface area contributed by atoms with Crippen molar-refractivity contribution in [1.82, 2.24) is 0 Å². The number of ether oxygens (including phenoxy) is 3. The van der Waals surface area contributed by atoms with Gasteiger partial charge in [-0.05, 0) is 77.0 Å². The number of aliphatic carboxylic acids is 1. The molecule has 2 unspecified atom stereocenters. The maximum absolute atomic E-state index is 12.7. The van der Waals surface area contributed by atoms with Crippen LogP contribution in [-0.4, -0.2) is 80.6 Å². The van der Waals surface area contributed by atoms with E-state index in [0.717, 1.165) is 70.6 Å². The summed E-state index contributed by atoms with van der Waals surface area (Å²) in [6, 6.07) is -0.628. The quantitative estimate of drug-likeness (QED) is 0.0291. The van der Waals surface area contributed by atoms with Gasteiger partial charge in [0, 0.05) is 19.3 Å². The predicted octanol–water partition coefficient (Wildman–Crippen LogP) is 11.6. The van der Waals surface area contributed by atoms with Crippen molar-refractivity contribution in [3.63, 3.8) is 0 Å². The van der Waals surface area contributed by atoms with Gasteiger partial charge in [0.05, 0.1) is 34.4 Å². The fraction of sp³-hybridized carbons (Fsp3) is 0.681. The summed E-state index contributed by atoms with van der Waals surface area (Å²) in [5.41, 5.74) is 0. The van der Waals surface area contributed by atoms with Crippen molar-refractivity contribution < 1.29 is 38.2 Å². The van der Waals surface area contributed by atoms with E-state index in [2.05, 4.69) is 86.8 Å². The highest BCUT2D eigenvalue weighted by atomic mass is 16.6. The van der Waals surface area contributed by atoms with E-state index in [1.54, 1.807) is 0 Å². The molecule has 0 heterocycles. The molecule has 0 aliphatic heterocycles. The summed E-state index contributed by atoms with van der Waals surface area (Å²) in [6.45, 7) is 4.52. The van der Waals surface area contributed by atoms with Crippen LogP contribution in [0.4, 0.5) is 0 Å². The number of rotatable bonds is 37. The van der Waals surface area contributed by atoms with Crippen molar-refractivity contribution in [2.75, 3.05) is 41.0 Å². The van der Waals surface area contributed by atoms with E-state index < -0.39 is 18.1 Å². The first-order valence-corrected chi connectivity index (χ1v) is 21.5. The Labute approximate surface area is 336 Å². The fourth-order valence-electron chi connectivity index (χ4n) is 5.77. The van der Waals surface area contributed by atoms with Crippen molar-refractivity contribution in [2.45, 2.75) is 167 Å². The van der Waals surface area contributed by atoms with Crippen LogP contribution in [0.25, 0.3) is 0 Å². The van der Waals surface area contributed by atoms with Gasteiger partial charge in [0.15, 0.2) is 12.1 Å². The number of esters is 2. The van der Waals surface area contributed by atoms with Crippen LogP contribution in [0.1, 0.15) is 155 Å². The van der Waals surface area contributed by atoms with Crippen molar-refractivity contribution in [3.05, 3.63) is 72.9 Å². The van der Waals surface area contributed by atoms with Crippen molar-refractivity contribution in [3.8, 4) is 0 Å². The molecule has 0 spiro atoms. The SMILES string of the molecule is CC/C=C\C/C=C\C/C=C\C/C=C\C/C=C\CCCC(=O)OC(COCCC(C(=O)O)[N+](C)(C)C)COC(=O)CCCCCCC/C=C\CCCCCCC. The predicted molar refractivity (Wildman–Crippen MR) is 229 cm³/mol. The van der Waals surface area contributed by atoms with Crippen LogP contribution < -0.4 is 0 Å². The minimum absolute atomic E-state index is 0.0323. The zero-order valence-corrected chi connectivity index (χ0v) is 35.6. The van der Waals surface area contributed by atoms with Gasteiger partial charge in [0.1, 0.15) is 6.61 Å². The number of quaternary nitrogens is 1. The summed E-state index contributed by atoms with van der Waals surface area (Å²) in [6.07, 6.45) is 46.6. The van der Waals surface area contributed by atoms with Crippen LogP contribution in [0.3, 0.4) is 0 Å². The molecule has 0 amide bonds. The molecule has 8 heteroatoms. The normalized spacial score (nSPS) is 13.7. The molecule has 0 bridgehead atoms. The Morgan fingerprint density at radius 3 is 1.58 bits per heavy atom. The second-order valence-electron chi connectivity index (χ2n) is 15.2. The summed E-state index contributed by atoms with van der Waals surface area (Å²) in [5.74, 6) is -1.56. The molecule has 314 valence electrons. The maximum atomic E-state index is 12.7. The number of hydrogen-bond acceptors (Lipinski definition) is 6. The lowest BCUT2D eigenvalue weighted by molar-refractivity contribution is -0.887. The highest BCUT2D eigenvalue weighted by Gasteiger charge is 2.31. The molecule has 2 atom stereocenters. The van der Waals surface area contributed by atoms with E-state index in [1.165, 1.54) is 44.9 Å². The molecule has 0 rings (SSSR count). The molecule has 0 saturated carbocycles. The third-order valence-electron chi connectivity index (χ3n) is 9.09. The van der Waals surface area contributed by atoms with Gasteiger partial charge in [-0.25, -0.2) is 4.79 Å². The second kappa shape index (κ2) is 37.7. The summed E-state index contributed by atoms with van der Waals surface area (Å²) in [7, 11) is 5.49. The van der Waals surface area contributed by atoms with E-state index in [-0.39, 0.29) is 42.7 Å². The third kappa shape index (κ3) is 36.2. The fourth-order valence-corrected chi connectivity index (χ4v) is 5.77. The molecule has 0 fully saturated rings. The van der Waals surface area contributed by atoms with Gasteiger partial charge in [-0.15, -0.1) is 0 Å². The van der Waals surface area contributed by atoms with E-state index >= 15 is 0 Å². The van der Waals surface area contributed by atoms with Crippen molar-refractivity contribution in [1.29, 1.82) is 0 Å². The van der Waals surface area contributed by atoms with Gasteiger partial charge in [-0.3, -0.25) is 9.59 Å². The lowest BCUT2D eigenvalue weighted by atomic mass is 10.1. The smallest absolute Gasteiger partial charge is 0.362 e. The maximum Gasteiger partial charge on any atom is 0.362 e. The number of hydrogen-bond donors (Lipinski definition) is 1. The summed E-state index contributed by atoms with van der Waals surface area (Å²) >= 11 is 0. The summed E-state index contributed by atoms with van der Waals surface area (Å²) < 4.78 is 17.2. The van der Waals surface area contributed by atoms with E-state index in [0.29, 0.717) is 19.3 Å². The molecule has 8 nitrogen and oxygen atoms in total. The molecule has 0 aromatic heterocycles. The average Bonchev–Trinajstić information content (AvgIpc) is 3.14. The Kier molecular flexibility index (Phi) is 35.5. The molecule has 0 aromatic rings. The number of likely N-dealkylation sites (N-methyl/N-ethyl adjacent to an activating group) is 1. The first-order chi connectivity index (χ1) is 26.6. The Bertz CT molecular complexity index is 1130. The Morgan fingerprint density at radius 2 is 1.04 bits per heavy atom. The summed E-state index contributed by atoms with van der Waals surface area (Å²) in [5, 5.41) is 9.61. The molecule has 0 aliphatic carbocycles. The number of carbonyl (C=O) groups is 3. The van der Waals surface area contributed by atoms with Gasteiger partial charge in [0.25, 0.3) is 0 Å². The molecule has 1 N–H and O–H groups in total. The molecule has 55 heavy (non-hydrogen) atoms. The van der Waals surface area contributed by atoms with Gasteiger partial charge in [-0.2, -0.15) is 0 Å². The monoisotopic (exact) mass is 771 g/mol. The number of carboxylic acid groups (broad SMARTS) is 1. The molecule has 0 saturated heterocycles. The lowest BCUT2D eigenvalue weighted by Crippen LogP contribution is -2.50. The molecular formula is C47H80NO7+. The standard InChI is InChI=1S/C47H79NO7/c1-6-8-10-12-14-16-18-20-22-23-24-26-28-30-32-34-36-38-46(50)55-43(41-53-40-39-44(47(51)52)48(3,4)5)42-54-45(49)37-35-33-31-29-27-25-21-19-17-15-13-11-9-7-2/h8,10,14,16,19-22,24,26,30,32,43-44H,6-7,9,11-13,15,17-18,23,25,27-29,31,33-42H2,1-5H3/p+1/b10-8-,16-14-,21-19-,22-20-,26-24-,32-30-. The van der Waals surface area contributed by atoms with Gasteiger partial charge in [-0.1, -0.05) is 132 Å². The van der Waals surface area contributed by atoms with Crippen LogP contribution in [0.15, 0.2) is 72.9 Å². The largest absolute Gasteiger partial charge is 0.477 e. The number of carboxylic acids is 1. The first kappa shape index (κ1) is 51.8. The van der Waals surface area contributed by atoms with E-state index in [9.17, 15) is 19.5 Å². The van der Waals surface area contributed by atoms with Gasteiger partial charge in [0.2, 0.25) is 0 Å². The van der Waals surface area contributed by atoms with Gasteiger partial charge >= 0.3 is 17.9 Å². The minimum Gasteiger partial charge on any atom is -0.477 e. The van der Waals surface area contributed by atoms with Crippen LogP contribution in [-0.2, 0) is 28.6 Å². The average molecular weight is 771 g/mol. The Morgan fingerprint density at radius 1 is 0.564 bits per heavy atom. The first-order valence-electron chi connectivity index (χ1n) is 21.5. The highest BCUT2D eigenvalue weighted by Crippen LogP contribution is 2.12. The highest BCUT2D eigenvalue weighted by molar-refractivity contribution is 5.72. The van der Waals surface area contributed by atoms with Crippen molar-refractivity contribution >= 4 is 17.9 Å². The topological polar surface area (TPSA) is 99.1 Å². The molecule has 0 radical (unpaired) electrons. The molecule has 0 aromatic carbocycles. The zero-order valence-electron chi connectivity index (χ0n) is 35.6. The number of allylic oxidation sites excluding steroid dienone is 12. The van der Waals surface area contributed by atoms with E-state index in [4.69, 9.17) is 14.2 Å². The van der Waals surface area contributed by atoms with Crippen LogP contribution in [0.2, 0.25) is 0 Å². The Balaban J connectivity index is 4.50. The van der Waals surface area contributed by atoms with Crippen LogP contribution >= 0.6 is 0 Å². The van der Waals surface area contributed by atoms with Crippen LogP contribution in [0, 0.1) is 0 Å². The molecular weight excluding hydrogens is 691 g/mol. The number of nitrogens with zero attached hydrogens (tertiary/aromatic N) is 1. The zero-order chi connectivity index (χ0) is 40.7. The molecule has 0 aliphatic rings. The van der Waals surface area contributed by atoms with Crippen LogP contribution in [0.5, 0.6) is 0 Å². The number of carbonyl (C=O) groups excluding carboxylic acids is 2.